The molecule has 8 heteroatoms. The fourth-order valence-electron chi connectivity index (χ4n) is 4.50. The number of benzene rings is 2. The lowest BCUT2D eigenvalue weighted by Gasteiger charge is -2.27. The number of fused-ring (bicyclic) bond motifs is 1. The third-order valence-electron chi connectivity index (χ3n) is 6.54. The van der Waals surface area contributed by atoms with E-state index in [-0.39, 0.29) is 24.5 Å². The van der Waals surface area contributed by atoms with E-state index in [1.165, 1.54) is 18.8 Å². The number of pyridine rings is 1. The van der Waals surface area contributed by atoms with Crippen LogP contribution in [0.5, 0.6) is 11.5 Å². The maximum Gasteiger partial charge on any atom is 0.297 e. The highest BCUT2D eigenvalue weighted by Gasteiger charge is 2.52. The van der Waals surface area contributed by atoms with Crippen LogP contribution in [-0.2, 0) is 16.9 Å². The number of carbonyl (C=O) groups is 1. The molecule has 0 unspecified atom stereocenters. The molecular weight excluding hydrogens is 460 g/mol. The van der Waals surface area contributed by atoms with E-state index in [0.717, 1.165) is 5.56 Å². The Morgan fingerprint density at radius 3 is 2.47 bits per heavy atom. The van der Waals surface area contributed by atoms with E-state index in [2.05, 4.69) is 0 Å². The van der Waals surface area contributed by atoms with Crippen LogP contribution in [0, 0.1) is 5.92 Å². The van der Waals surface area contributed by atoms with Crippen molar-refractivity contribution < 1.29 is 24.5 Å². The van der Waals surface area contributed by atoms with Gasteiger partial charge in [-0.3, -0.25) is 14.2 Å². The molecule has 0 bridgehead atoms. The van der Waals surface area contributed by atoms with E-state index in [9.17, 15) is 14.7 Å². The first-order valence-electron chi connectivity index (χ1n) is 11.7. The monoisotopic (exact) mass is 490 g/mol. The van der Waals surface area contributed by atoms with Crippen LogP contribution >= 0.6 is 0 Å². The molecule has 0 saturated heterocycles. The van der Waals surface area contributed by atoms with Crippen LogP contribution in [0.4, 0.5) is 5.69 Å². The van der Waals surface area contributed by atoms with E-state index >= 15 is 0 Å². The maximum atomic E-state index is 13.7. The quantitative estimate of drug-likeness (QED) is 0.447. The first-order valence-corrected chi connectivity index (χ1v) is 11.7. The molecule has 2 N–H and O–H groups in total. The number of aromatic nitrogens is 1. The topological polar surface area (TPSA) is 101 Å². The predicted octanol–water partition coefficient (Wildman–Crippen LogP) is 3.16. The lowest BCUT2D eigenvalue weighted by atomic mass is 9.83. The number of anilines is 1. The molecule has 188 valence electrons. The molecule has 0 aliphatic carbocycles. The molecule has 1 aromatic heterocycles. The van der Waals surface area contributed by atoms with Gasteiger partial charge in [-0.25, -0.2) is 0 Å². The minimum atomic E-state index is -1.77. The summed E-state index contributed by atoms with van der Waals surface area (Å²) < 4.78 is 12.0. The van der Waals surface area contributed by atoms with Crippen molar-refractivity contribution in [3.8, 4) is 17.2 Å². The van der Waals surface area contributed by atoms with Gasteiger partial charge in [0.25, 0.3) is 11.5 Å². The molecule has 0 spiro atoms. The molecule has 2 atom stereocenters. The van der Waals surface area contributed by atoms with E-state index in [1.54, 1.807) is 72.6 Å². The van der Waals surface area contributed by atoms with Gasteiger partial charge in [0.05, 0.1) is 26.5 Å². The molecular formula is C28H30N2O6. The van der Waals surface area contributed by atoms with Crippen molar-refractivity contribution in [2.75, 3.05) is 25.7 Å². The van der Waals surface area contributed by atoms with Gasteiger partial charge < -0.3 is 24.6 Å². The summed E-state index contributed by atoms with van der Waals surface area (Å²) in [5, 5.41) is 20.8. The largest absolute Gasteiger partial charge is 0.497 e. The average Bonchev–Trinajstić information content (AvgIpc) is 3.11. The van der Waals surface area contributed by atoms with Crippen LogP contribution in [0.1, 0.15) is 24.5 Å². The zero-order valence-corrected chi connectivity index (χ0v) is 20.5. The number of rotatable bonds is 9. The van der Waals surface area contributed by atoms with Gasteiger partial charge in [0.2, 0.25) is 0 Å². The molecule has 3 aromatic rings. The van der Waals surface area contributed by atoms with Crippen molar-refractivity contribution in [2.45, 2.75) is 25.5 Å². The molecule has 2 aromatic carbocycles. The van der Waals surface area contributed by atoms with Gasteiger partial charge in [-0.1, -0.05) is 31.2 Å². The van der Waals surface area contributed by atoms with Crippen molar-refractivity contribution in [1.29, 1.82) is 0 Å². The van der Waals surface area contributed by atoms with Crippen molar-refractivity contribution in [2.24, 2.45) is 5.92 Å². The highest BCUT2D eigenvalue weighted by Crippen LogP contribution is 2.47. The Kier molecular flexibility index (Phi) is 7.28. The standard InChI is InChI=1S/C28H30N2O6/c1-19(7-4-5-16-31)28(34)23-17-22(35-2)13-14-24(23)30(27(28)33)18-20-9-11-21(12-10-20)29-15-6-8-25(36-3)26(29)32/h4,6-15,17,19,31,34H,5,16,18H2,1-3H3/b7-4+/t19-,28+/m1/s1. The Morgan fingerprint density at radius 1 is 1.06 bits per heavy atom. The van der Waals surface area contributed by atoms with Crippen LogP contribution in [0.25, 0.3) is 5.69 Å². The Bertz CT molecular complexity index is 1330. The van der Waals surface area contributed by atoms with Crippen LogP contribution in [0.2, 0.25) is 0 Å². The molecule has 0 saturated carbocycles. The van der Waals surface area contributed by atoms with E-state index in [0.29, 0.717) is 29.1 Å². The molecule has 1 aliphatic rings. The number of amides is 1. The van der Waals surface area contributed by atoms with Crippen LogP contribution in [0.3, 0.4) is 0 Å². The molecule has 4 rings (SSSR count). The van der Waals surface area contributed by atoms with Gasteiger partial charge in [0.1, 0.15) is 5.75 Å². The second-order valence-corrected chi connectivity index (χ2v) is 8.69. The van der Waals surface area contributed by atoms with Gasteiger partial charge in [-0.15, -0.1) is 0 Å². The van der Waals surface area contributed by atoms with Crippen molar-refractivity contribution >= 4 is 11.6 Å². The molecule has 8 nitrogen and oxygen atoms in total. The number of hydrogen-bond donors (Lipinski definition) is 2. The second-order valence-electron chi connectivity index (χ2n) is 8.69. The summed E-state index contributed by atoms with van der Waals surface area (Å²) in [5.41, 5.74) is 0.547. The molecule has 0 fully saturated rings. The first-order chi connectivity index (χ1) is 17.3. The predicted molar refractivity (Wildman–Crippen MR) is 137 cm³/mol. The fraction of sp³-hybridized carbons (Fsp3) is 0.286. The van der Waals surface area contributed by atoms with Crippen molar-refractivity contribution in [1.82, 2.24) is 4.57 Å². The van der Waals surface area contributed by atoms with Crippen LogP contribution in [-0.4, -0.2) is 41.5 Å². The number of ether oxygens (including phenoxy) is 2. The summed E-state index contributed by atoms with van der Waals surface area (Å²) in [6, 6.07) is 15.9. The number of aliphatic hydroxyl groups excluding tert-OH is 1. The first kappa shape index (κ1) is 25.2. The summed E-state index contributed by atoms with van der Waals surface area (Å²) in [4.78, 5) is 27.8. The third-order valence-corrected chi connectivity index (χ3v) is 6.54. The summed E-state index contributed by atoms with van der Waals surface area (Å²) in [6.45, 7) is 2.00. The highest BCUT2D eigenvalue weighted by molar-refractivity contribution is 6.07. The lowest BCUT2D eigenvalue weighted by molar-refractivity contribution is -0.139. The Balaban J connectivity index is 1.66. The Morgan fingerprint density at radius 2 is 1.81 bits per heavy atom. The Labute approximate surface area is 209 Å². The van der Waals surface area contributed by atoms with Crippen molar-refractivity contribution in [3.63, 3.8) is 0 Å². The zero-order chi connectivity index (χ0) is 25.9. The minimum absolute atomic E-state index is 0.00991. The lowest BCUT2D eigenvalue weighted by Crippen LogP contribution is -2.44. The van der Waals surface area contributed by atoms with E-state index in [1.807, 2.05) is 12.1 Å². The van der Waals surface area contributed by atoms with E-state index in [4.69, 9.17) is 14.6 Å². The van der Waals surface area contributed by atoms with Gasteiger partial charge in [-0.2, -0.15) is 0 Å². The van der Waals surface area contributed by atoms with E-state index < -0.39 is 17.4 Å². The third kappa shape index (κ3) is 4.41. The second kappa shape index (κ2) is 10.4. The SMILES string of the molecule is COc1ccc2c(c1)[C@@](O)([C@H](C)/C=C/CCO)C(=O)N2Cc1ccc(-n2cccc(OC)c2=O)cc1. The normalized spacial score (nSPS) is 17.9. The molecule has 2 heterocycles. The number of hydrogen-bond acceptors (Lipinski definition) is 6. The van der Waals surface area contributed by atoms with Gasteiger partial charge in [-0.05, 0) is 54.4 Å². The zero-order valence-electron chi connectivity index (χ0n) is 20.5. The number of nitrogens with zero attached hydrogens (tertiary/aromatic N) is 2. The number of carbonyl (C=O) groups excluding carboxylic acids is 1. The maximum absolute atomic E-state index is 13.7. The molecule has 36 heavy (non-hydrogen) atoms. The van der Waals surface area contributed by atoms with Crippen LogP contribution < -0.4 is 19.9 Å². The number of methoxy groups -OCH3 is 2. The summed E-state index contributed by atoms with van der Waals surface area (Å²) in [6.07, 6.45) is 5.62. The van der Waals surface area contributed by atoms with Gasteiger partial charge in [0.15, 0.2) is 11.4 Å². The Hall–Kier alpha value is -3.88. The van der Waals surface area contributed by atoms with Gasteiger partial charge >= 0.3 is 0 Å². The summed E-state index contributed by atoms with van der Waals surface area (Å²) in [7, 11) is 2.99. The van der Waals surface area contributed by atoms with Crippen molar-refractivity contribution in [3.05, 3.63) is 94.4 Å². The molecule has 0 radical (unpaired) electrons. The van der Waals surface area contributed by atoms with Crippen LogP contribution in [0.15, 0.2) is 77.7 Å². The number of aliphatic hydroxyl groups is 2. The molecule has 1 amide bonds. The molecule has 1 aliphatic heterocycles. The van der Waals surface area contributed by atoms with Gasteiger partial charge in [0, 0.05) is 30.0 Å². The summed E-state index contributed by atoms with van der Waals surface area (Å²) in [5.74, 6) is -0.172. The fourth-order valence-corrected chi connectivity index (χ4v) is 4.50. The summed E-state index contributed by atoms with van der Waals surface area (Å²) >= 11 is 0. The smallest absolute Gasteiger partial charge is 0.297 e. The highest BCUT2D eigenvalue weighted by atomic mass is 16.5. The minimum Gasteiger partial charge on any atom is -0.497 e. The average molecular weight is 491 g/mol.